The van der Waals surface area contributed by atoms with Crippen molar-refractivity contribution < 1.29 is 90.8 Å². The summed E-state index contributed by atoms with van der Waals surface area (Å²) in [5.41, 5.74) is 7.00. The second-order valence-corrected chi connectivity index (χ2v) is 22.0. The largest absolute Gasteiger partial charge is 0.444 e. The first-order valence-electron chi connectivity index (χ1n) is 24.5. The Morgan fingerprint density at radius 2 is 0.962 bits per heavy atom. The van der Waals surface area contributed by atoms with E-state index in [4.69, 9.17) is 38.4 Å². The fourth-order valence-electron chi connectivity index (χ4n) is 8.40. The minimum absolute atomic E-state index is 0.0269. The van der Waals surface area contributed by atoms with Crippen LogP contribution in [0.1, 0.15) is 65.5 Å². The molecule has 0 unspecified atom stereocenters. The van der Waals surface area contributed by atoms with Gasteiger partial charge in [0.15, 0.2) is 0 Å². The second kappa shape index (κ2) is 27.3. The number of hydrogen-bond acceptors (Lipinski definition) is 13. The number of ether oxygens (including phenoxy) is 4. The number of halogens is 15. The number of benzene rings is 2. The summed E-state index contributed by atoms with van der Waals surface area (Å²) in [6.07, 6.45) is -31.8. The number of carbonyl (C=O) groups excluding carboxylic acids is 4. The number of alkyl halides is 12. The summed E-state index contributed by atoms with van der Waals surface area (Å²) in [5.74, 6) is 0. The van der Waals surface area contributed by atoms with Crippen LogP contribution in [-0.2, 0) is 32.0 Å². The normalized spacial score (nSPS) is 19.1. The number of piperazine rings is 2. The molecule has 0 radical (unpaired) electrons. The first-order chi connectivity index (χ1) is 36.2. The van der Waals surface area contributed by atoms with Crippen molar-refractivity contribution >= 4 is 69.9 Å². The van der Waals surface area contributed by atoms with Gasteiger partial charge in [0.1, 0.15) is 11.2 Å². The number of nitrogens with two attached hydrogens (primary N) is 1. The molecule has 0 aromatic heterocycles. The molecule has 2 atom stereocenters. The molecule has 31 heteroatoms. The lowest BCUT2D eigenvalue weighted by Gasteiger charge is -2.36. The number of amides is 3. The van der Waals surface area contributed by atoms with E-state index in [0.717, 1.165) is 67.4 Å². The minimum atomic E-state index is -5.74. The monoisotopic (exact) mass is 1210 g/mol. The third kappa shape index (κ3) is 22.2. The molecule has 4 aliphatic rings. The van der Waals surface area contributed by atoms with Crippen molar-refractivity contribution in [3.8, 4) is 0 Å². The van der Waals surface area contributed by atoms with E-state index >= 15 is 0 Å². The fraction of sp³-hybridized carbons (Fsp3) is 0.667. The summed E-state index contributed by atoms with van der Waals surface area (Å²) in [7, 11) is 0. The van der Waals surface area contributed by atoms with Gasteiger partial charge in [-0.05, 0) is 89.8 Å². The van der Waals surface area contributed by atoms with Crippen LogP contribution < -0.4 is 20.9 Å². The zero-order valence-electron chi connectivity index (χ0n) is 43.8. The van der Waals surface area contributed by atoms with Crippen LogP contribution in [-0.4, -0.2) is 182 Å². The lowest BCUT2D eigenvalue weighted by molar-refractivity contribution is -0.308. The van der Waals surface area contributed by atoms with Gasteiger partial charge in [0.2, 0.25) is 0 Å². The van der Waals surface area contributed by atoms with Crippen LogP contribution in [0.25, 0.3) is 0 Å². The first kappa shape index (κ1) is 66.7. The van der Waals surface area contributed by atoms with Crippen LogP contribution in [0, 0.1) is 0 Å². The van der Waals surface area contributed by atoms with Gasteiger partial charge in [0.25, 0.3) is 12.2 Å². The minimum Gasteiger partial charge on any atom is -0.444 e. The van der Waals surface area contributed by atoms with Crippen molar-refractivity contribution in [2.24, 2.45) is 5.73 Å². The highest BCUT2D eigenvalue weighted by Gasteiger charge is 2.61. The fourth-order valence-corrected chi connectivity index (χ4v) is 8.82. The van der Waals surface area contributed by atoms with Gasteiger partial charge in [-0.3, -0.25) is 9.80 Å². The first-order valence-corrected chi connectivity index (χ1v) is 25.6. The van der Waals surface area contributed by atoms with E-state index in [-0.39, 0.29) is 50.4 Å². The van der Waals surface area contributed by atoms with Crippen molar-refractivity contribution in [3.05, 3.63) is 57.6 Å². The van der Waals surface area contributed by atoms with Crippen molar-refractivity contribution in [1.29, 1.82) is 0 Å². The van der Waals surface area contributed by atoms with Gasteiger partial charge in [-0.25, -0.2) is 19.2 Å². The number of nitrogens with one attached hydrogen (secondary N) is 1. The van der Waals surface area contributed by atoms with Crippen molar-refractivity contribution in [2.45, 2.75) is 128 Å². The molecule has 4 fully saturated rings. The Balaban J connectivity index is 0.000000280. The van der Waals surface area contributed by atoms with Crippen molar-refractivity contribution in [2.75, 3.05) is 88.3 Å². The molecular weight excluding hydrogens is 1150 g/mol. The molecule has 3 N–H and O–H groups in total. The molecule has 16 nitrogen and oxygen atoms in total. The summed E-state index contributed by atoms with van der Waals surface area (Å²) >= 11 is 16.7. The number of carbonyl (C=O) groups is 4. The van der Waals surface area contributed by atoms with Gasteiger partial charge in [-0.2, -0.15) is 52.7 Å². The van der Waals surface area contributed by atoms with Crippen LogP contribution in [0.3, 0.4) is 0 Å². The van der Waals surface area contributed by atoms with Gasteiger partial charge in [0.05, 0.1) is 6.04 Å². The van der Waals surface area contributed by atoms with E-state index in [9.17, 15) is 71.9 Å². The second-order valence-electron chi connectivity index (χ2n) is 20.8. The maximum atomic E-state index is 12.6. The molecular formula is C48H63Cl3F12N8O8. The smallest absolute Gasteiger partial charge is 0.434 e. The van der Waals surface area contributed by atoms with E-state index in [1.54, 1.807) is 11.0 Å². The van der Waals surface area contributed by atoms with E-state index in [2.05, 4.69) is 47.2 Å². The standard InChI is InChI=1S/C25H39ClN4O4.C19H23ClF6N4O2.C4HClF6O2/c1-24(2,3)33-22(31)27-20-9-10-30(17-20)21-15-19(26)8-7-18(21)16-28-11-13-29(14-12-28)23(32)34-25(4,5)6;20-13-2-1-12(15(9-13)30-4-3-14(27)11-30)10-28-5-7-29(8-6-28)17(31)32-16(18(21,22)23)19(24,25)26;5-2(12)13-1(3(6,7)8)4(9,10)11/h7-8,15,20H,9-14,16-17H2,1-6H3,(H,27,31);1-2,9,14,16H,3-8,10-11,27H2;1H/t20-;14-;/m11./s1. The predicted molar refractivity (Wildman–Crippen MR) is 268 cm³/mol. The van der Waals surface area contributed by atoms with Crippen LogP contribution in [0.4, 0.5) is 83.2 Å². The third-order valence-corrected chi connectivity index (χ3v) is 12.5. The quantitative estimate of drug-likeness (QED) is 0.139. The third-order valence-electron chi connectivity index (χ3n) is 12.0. The molecule has 2 aromatic rings. The summed E-state index contributed by atoms with van der Waals surface area (Å²) in [4.78, 5) is 57.5. The van der Waals surface area contributed by atoms with Gasteiger partial charge >= 0.3 is 48.4 Å². The number of alkyl carbamates (subject to hydrolysis) is 1. The summed E-state index contributed by atoms with van der Waals surface area (Å²) in [6, 6.07) is 11.6. The van der Waals surface area contributed by atoms with E-state index in [1.165, 1.54) is 5.56 Å². The molecule has 0 saturated carbocycles. The predicted octanol–water partition coefficient (Wildman–Crippen LogP) is 11.0. The maximum Gasteiger partial charge on any atom is 0.434 e. The molecule has 0 aliphatic carbocycles. The highest BCUT2D eigenvalue weighted by molar-refractivity contribution is 6.61. The van der Waals surface area contributed by atoms with Gasteiger partial charge in [-0.15, -0.1) is 0 Å². The molecule has 79 heavy (non-hydrogen) atoms. The Hall–Kier alpha value is -4.77. The highest BCUT2D eigenvalue weighted by Crippen LogP contribution is 2.38. The molecule has 0 bridgehead atoms. The average Bonchev–Trinajstić information content (AvgIpc) is 3.97. The molecule has 3 amide bonds. The van der Waals surface area contributed by atoms with Gasteiger partial charge in [0, 0.05) is 131 Å². The Bertz CT molecular complexity index is 2330. The van der Waals surface area contributed by atoms with Crippen LogP contribution in [0.2, 0.25) is 10.0 Å². The van der Waals surface area contributed by atoms with Gasteiger partial charge in [-0.1, -0.05) is 35.3 Å². The summed E-state index contributed by atoms with van der Waals surface area (Å²) < 4.78 is 162. The molecule has 4 heterocycles. The lowest BCUT2D eigenvalue weighted by Crippen LogP contribution is -2.52. The van der Waals surface area contributed by atoms with E-state index in [0.29, 0.717) is 42.8 Å². The molecule has 4 saturated heterocycles. The van der Waals surface area contributed by atoms with Gasteiger partial charge < -0.3 is 49.6 Å². The summed E-state index contributed by atoms with van der Waals surface area (Å²) in [5, 5.41) is 4.25. The Morgan fingerprint density at radius 1 is 0.570 bits per heavy atom. The highest BCUT2D eigenvalue weighted by atomic mass is 35.5. The molecule has 2 aromatic carbocycles. The maximum absolute atomic E-state index is 12.6. The Morgan fingerprint density at radius 3 is 1.33 bits per heavy atom. The van der Waals surface area contributed by atoms with Crippen molar-refractivity contribution in [1.82, 2.24) is 24.9 Å². The number of anilines is 2. The number of rotatable bonds is 9. The van der Waals surface area contributed by atoms with Crippen LogP contribution >= 0.6 is 34.8 Å². The van der Waals surface area contributed by atoms with Crippen LogP contribution in [0.15, 0.2) is 36.4 Å². The van der Waals surface area contributed by atoms with E-state index in [1.807, 2.05) is 70.7 Å². The van der Waals surface area contributed by atoms with E-state index < -0.39 is 59.6 Å². The Labute approximate surface area is 463 Å². The topological polar surface area (TPSA) is 163 Å². The van der Waals surface area contributed by atoms with Crippen molar-refractivity contribution in [3.63, 3.8) is 0 Å². The zero-order valence-corrected chi connectivity index (χ0v) is 46.1. The zero-order chi connectivity index (χ0) is 59.6. The Kier molecular flexibility index (Phi) is 23.1. The SMILES string of the molecule is CC(C)(C)OC(=O)N[C@@H]1CCN(c2cc(Cl)ccc2CN2CCN(C(=O)OC(C)(C)C)CC2)C1.N[C@@H]1CCN(c2cc(Cl)ccc2CN2CCN(C(=O)OC(C(F)(F)F)C(F)(F)F)CC2)C1.O=C(Cl)OC(C(F)(F)F)C(F)(F)F. The molecule has 0 spiro atoms. The molecule has 448 valence electrons. The molecule has 6 rings (SSSR count). The lowest BCUT2D eigenvalue weighted by atomic mass is 10.1. The summed E-state index contributed by atoms with van der Waals surface area (Å²) in [6.45, 7) is 18.8. The molecule has 4 aliphatic heterocycles. The average molecular weight is 1210 g/mol. The van der Waals surface area contributed by atoms with Crippen LogP contribution in [0.5, 0.6) is 0 Å². The number of hydrogen-bond donors (Lipinski definition) is 2. The number of nitrogens with zero attached hydrogens (tertiary/aromatic N) is 6.